The fourth-order valence-electron chi connectivity index (χ4n) is 1.66. The molecule has 0 fully saturated rings. The maximum Gasteiger partial charge on any atom is 0.175 e. The Morgan fingerprint density at radius 2 is 2.06 bits per heavy atom. The summed E-state index contributed by atoms with van der Waals surface area (Å²) < 4.78 is 25.0. The quantitative estimate of drug-likeness (QED) is 0.848. The predicted octanol–water partition coefficient (Wildman–Crippen LogP) is 3.99. The van der Waals surface area contributed by atoms with Gasteiger partial charge in [-0.3, -0.25) is 0 Å². The summed E-state index contributed by atoms with van der Waals surface area (Å²) in [7, 11) is -3.16. The average Bonchev–Trinajstić information content (AvgIpc) is 2.73. The average molecular weight is 280 g/mol. The van der Waals surface area contributed by atoms with Crippen molar-refractivity contribution in [2.24, 2.45) is 5.92 Å². The molecule has 0 bridgehead atoms. The summed E-state index contributed by atoms with van der Waals surface area (Å²) in [4.78, 5) is 0. The molecule has 0 atom stereocenters. The number of thiophene rings is 1. The molecule has 2 aromatic rings. The van der Waals surface area contributed by atoms with Crippen molar-refractivity contribution in [3.05, 3.63) is 46.7 Å². The number of hydrogen-bond acceptors (Lipinski definition) is 3. The van der Waals surface area contributed by atoms with Gasteiger partial charge in [0.2, 0.25) is 0 Å². The number of rotatable bonds is 4. The Morgan fingerprint density at radius 1 is 1.28 bits per heavy atom. The van der Waals surface area contributed by atoms with E-state index in [-0.39, 0.29) is 11.7 Å². The highest BCUT2D eigenvalue weighted by molar-refractivity contribution is 7.93. The van der Waals surface area contributed by atoms with Crippen LogP contribution in [0.15, 0.2) is 41.1 Å². The van der Waals surface area contributed by atoms with Gasteiger partial charge in [-0.1, -0.05) is 26.0 Å². The van der Waals surface area contributed by atoms with Crippen LogP contribution in [0, 0.1) is 5.92 Å². The molecule has 1 aromatic heterocycles. The molecule has 2 rings (SSSR count). The van der Waals surface area contributed by atoms with Crippen molar-refractivity contribution in [1.82, 2.24) is 0 Å². The van der Waals surface area contributed by atoms with Crippen LogP contribution in [0.4, 0.5) is 0 Å². The van der Waals surface area contributed by atoms with E-state index in [9.17, 15) is 8.42 Å². The van der Waals surface area contributed by atoms with Gasteiger partial charge in [0.15, 0.2) is 9.84 Å². The van der Waals surface area contributed by atoms with Crippen molar-refractivity contribution >= 4 is 31.3 Å². The molecular weight excluding hydrogens is 264 g/mol. The molecule has 0 aliphatic carbocycles. The van der Waals surface area contributed by atoms with Crippen LogP contribution in [0.5, 0.6) is 0 Å². The second kappa shape index (κ2) is 5.24. The highest BCUT2D eigenvalue weighted by Crippen LogP contribution is 2.22. The van der Waals surface area contributed by atoms with Crippen LogP contribution in [0.2, 0.25) is 0 Å². The second-order valence-electron chi connectivity index (χ2n) is 4.67. The first-order chi connectivity index (χ1) is 8.46. The summed E-state index contributed by atoms with van der Waals surface area (Å²) in [6.07, 6.45) is 1.72. The molecule has 4 heteroatoms. The van der Waals surface area contributed by atoms with Crippen molar-refractivity contribution in [1.29, 1.82) is 0 Å². The van der Waals surface area contributed by atoms with E-state index in [2.05, 4.69) is 0 Å². The van der Waals surface area contributed by atoms with Crippen molar-refractivity contribution in [2.45, 2.75) is 19.6 Å². The maximum atomic E-state index is 11.9. The SMILES string of the molecule is CC(C)/C=C/S(=O)(=O)Cc1ccc2sccc2c1. The van der Waals surface area contributed by atoms with Crippen LogP contribution < -0.4 is 0 Å². The largest absolute Gasteiger partial charge is 0.224 e. The molecule has 0 radical (unpaired) electrons. The van der Waals surface area contributed by atoms with Crippen molar-refractivity contribution in [3.63, 3.8) is 0 Å². The molecule has 0 aliphatic heterocycles. The van der Waals surface area contributed by atoms with E-state index in [0.29, 0.717) is 0 Å². The lowest BCUT2D eigenvalue weighted by Gasteiger charge is -2.01. The summed E-state index contributed by atoms with van der Waals surface area (Å²) in [5.74, 6) is 0.321. The lowest BCUT2D eigenvalue weighted by Crippen LogP contribution is -2.00. The van der Waals surface area contributed by atoms with Gasteiger partial charge in [0, 0.05) is 10.1 Å². The van der Waals surface area contributed by atoms with Crippen LogP contribution in [0.3, 0.4) is 0 Å². The van der Waals surface area contributed by atoms with Gasteiger partial charge in [0.05, 0.1) is 5.75 Å². The number of fused-ring (bicyclic) bond motifs is 1. The van der Waals surface area contributed by atoms with Gasteiger partial charge in [-0.2, -0.15) is 0 Å². The molecule has 1 heterocycles. The van der Waals surface area contributed by atoms with Gasteiger partial charge in [0.25, 0.3) is 0 Å². The molecule has 0 N–H and O–H groups in total. The van der Waals surface area contributed by atoms with E-state index in [1.54, 1.807) is 17.4 Å². The third-order valence-corrected chi connectivity index (χ3v) is 4.76. The molecule has 1 aromatic carbocycles. The van der Waals surface area contributed by atoms with E-state index in [1.807, 2.05) is 43.5 Å². The van der Waals surface area contributed by atoms with E-state index in [0.717, 1.165) is 10.9 Å². The summed E-state index contributed by atoms with van der Waals surface area (Å²) >= 11 is 1.66. The molecule has 0 spiro atoms. The fraction of sp³-hybridized carbons (Fsp3) is 0.286. The normalized spacial score (nSPS) is 12.8. The smallest absolute Gasteiger partial charge is 0.175 e. The van der Waals surface area contributed by atoms with E-state index < -0.39 is 9.84 Å². The Hall–Kier alpha value is -1.13. The molecule has 0 saturated heterocycles. The first-order valence-electron chi connectivity index (χ1n) is 5.83. The van der Waals surface area contributed by atoms with Gasteiger partial charge < -0.3 is 0 Å². The van der Waals surface area contributed by atoms with Crippen molar-refractivity contribution in [2.75, 3.05) is 0 Å². The maximum absolute atomic E-state index is 11.9. The Morgan fingerprint density at radius 3 is 2.78 bits per heavy atom. The number of sulfone groups is 1. The zero-order chi connectivity index (χ0) is 13.2. The first-order valence-corrected chi connectivity index (χ1v) is 8.43. The zero-order valence-corrected chi connectivity index (χ0v) is 12.1. The first kappa shape index (κ1) is 13.3. The highest BCUT2D eigenvalue weighted by Gasteiger charge is 2.08. The van der Waals surface area contributed by atoms with Gasteiger partial charge in [0.1, 0.15) is 0 Å². The van der Waals surface area contributed by atoms with Gasteiger partial charge >= 0.3 is 0 Å². The van der Waals surface area contributed by atoms with Crippen molar-refractivity contribution < 1.29 is 8.42 Å². The Labute approximate surface area is 112 Å². The van der Waals surface area contributed by atoms with E-state index in [4.69, 9.17) is 0 Å². The standard InChI is InChI=1S/C14H16O2S2/c1-11(2)6-8-18(15,16)10-12-3-4-14-13(9-12)5-7-17-14/h3-9,11H,10H2,1-2H3/b8-6+. The van der Waals surface area contributed by atoms with Crippen LogP contribution in [0.25, 0.3) is 10.1 Å². The highest BCUT2D eigenvalue weighted by atomic mass is 32.2. The zero-order valence-electron chi connectivity index (χ0n) is 10.5. The predicted molar refractivity (Wildman–Crippen MR) is 78.4 cm³/mol. The van der Waals surface area contributed by atoms with Crippen LogP contribution in [-0.2, 0) is 15.6 Å². The Kier molecular flexibility index (Phi) is 3.88. The Balaban J connectivity index is 2.22. The fourth-order valence-corrected chi connectivity index (χ4v) is 3.73. The van der Waals surface area contributed by atoms with Crippen molar-refractivity contribution in [3.8, 4) is 0 Å². The number of allylic oxidation sites excluding steroid dienone is 1. The van der Waals surface area contributed by atoms with Gasteiger partial charge in [-0.05, 0) is 40.4 Å². The third-order valence-electron chi connectivity index (χ3n) is 2.56. The third kappa shape index (κ3) is 3.43. The molecule has 0 saturated carbocycles. The minimum atomic E-state index is -3.16. The molecule has 18 heavy (non-hydrogen) atoms. The molecular formula is C14H16O2S2. The van der Waals surface area contributed by atoms with E-state index >= 15 is 0 Å². The topological polar surface area (TPSA) is 34.1 Å². The minimum absolute atomic E-state index is 0.0714. The molecule has 0 amide bonds. The monoisotopic (exact) mass is 280 g/mol. The minimum Gasteiger partial charge on any atom is -0.224 e. The lowest BCUT2D eigenvalue weighted by atomic mass is 10.2. The summed E-state index contributed by atoms with van der Waals surface area (Å²) in [6, 6.07) is 7.84. The summed E-state index contributed by atoms with van der Waals surface area (Å²) in [6.45, 7) is 3.92. The summed E-state index contributed by atoms with van der Waals surface area (Å²) in [5, 5.41) is 4.46. The second-order valence-corrected chi connectivity index (χ2v) is 7.51. The molecule has 2 nitrogen and oxygen atoms in total. The van der Waals surface area contributed by atoms with E-state index in [1.165, 1.54) is 10.1 Å². The number of benzene rings is 1. The summed E-state index contributed by atoms with van der Waals surface area (Å²) in [5.41, 5.74) is 0.842. The molecule has 0 unspecified atom stereocenters. The van der Waals surface area contributed by atoms with Crippen LogP contribution >= 0.6 is 11.3 Å². The van der Waals surface area contributed by atoms with Gasteiger partial charge in [-0.25, -0.2) is 8.42 Å². The Bertz CT molecular complexity index is 664. The van der Waals surface area contributed by atoms with Crippen LogP contribution in [0.1, 0.15) is 19.4 Å². The van der Waals surface area contributed by atoms with Crippen LogP contribution in [-0.4, -0.2) is 8.42 Å². The number of hydrogen-bond donors (Lipinski definition) is 0. The molecule has 0 aliphatic rings. The molecule has 96 valence electrons. The van der Waals surface area contributed by atoms with Gasteiger partial charge in [-0.15, -0.1) is 11.3 Å². The lowest BCUT2D eigenvalue weighted by molar-refractivity contribution is 0.603.